The number of piperidine rings is 1. The van der Waals surface area contributed by atoms with Crippen LogP contribution in [0, 0.1) is 11.8 Å². The number of halogens is 5. The van der Waals surface area contributed by atoms with Gasteiger partial charge in [0.15, 0.2) is 11.6 Å². The van der Waals surface area contributed by atoms with Gasteiger partial charge in [-0.1, -0.05) is 0 Å². The standard InChI is InChI=1S/C20H23F5N8O3/c21-19(22)5-12(19)8-36-18-31-15(16(34)28-9-20(23,24)25)30-17(32-18)33-3-1-11(2-4-33)7-35-13-6-27-10-29-14(13)26/h6,10-12H,1-5,7-9H2,(H,28,34)(H2,26,27,29). The van der Waals surface area contributed by atoms with Crippen molar-refractivity contribution in [3.8, 4) is 11.8 Å². The highest BCUT2D eigenvalue weighted by atomic mass is 19.4. The molecule has 36 heavy (non-hydrogen) atoms. The summed E-state index contributed by atoms with van der Waals surface area (Å²) in [5.74, 6) is -4.92. The highest BCUT2D eigenvalue weighted by molar-refractivity contribution is 5.90. The Bertz CT molecular complexity index is 1080. The van der Waals surface area contributed by atoms with Gasteiger partial charge in [-0.25, -0.2) is 18.7 Å². The van der Waals surface area contributed by atoms with E-state index in [-0.39, 0.29) is 24.1 Å². The van der Waals surface area contributed by atoms with Gasteiger partial charge in [-0.2, -0.15) is 28.1 Å². The van der Waals surface area contributed by atoms with Crippen LogP contribution < -0.4 is 25.4 Å². The highest BCUT2D eigenvalue weighted by Crippen LogP contribution is 2.48. The molecule has 2 aromatic heterocycles. The molecule has 0 bridgehead atoms. The number of amides is 1. The van der Waals surface area contributed by atoms with Crippen LogP contribution in [-0.4, -0.2) is 75.8 Å². The number of nitrogen functional groups attached to an aromatic ring is 1. The normalized spacial score (nSPS) is 19.6. The highest BCUT2D eigenvalue weighted by Gasteiger charge is 2.57. The summed E-state index contributed by atoms with van der Waals surface area (Å²) in [5, 5.41) is 1.68. The summed E-state index contributed by atoms with van der Waals surface area (Å²) < 4.78 is 74.8. The molecule has 1 saturated carbocycles. The predicted octanol–water partition coefficient (Wildman–Crippen LogP) is 1.87. The van der Waals surface area contributed by atoms with Gasteiger partial charge in [-0.15, -0.1) is 0 Å². The van der Waals surface area contributed by atoms with Gasteiger partial charge in [0.05, 0.1) is 18.7 Å². The number of carbonyl (C=O) groups is 1. The van der Waals surface area contributed by atoms with E-state index in [2.05, 4.69) is 24.9 Å². The summed E-state index contributed by atoms with van der Waals surface area (Å²) in [6.07, 6.45) is -0.935. The van der Waals surface area contributed by atoms with Crippen LogP contribution in [0.25, 0.3) is 0 Å². The van der Waals surface area contributed by atoms with Crippen molar-refractivity contribution in [2.24, 2.45) is 11.8 Å². The molecule has 2 aliphatic rings. The van der Waals surface area contributed by atoms with Gasteiger partial charge in [-0.3, -0.25) is 4.79 Å². The number of nitrogens with two attached hydrogens (primary N) is 1. The Labute approximate surface area is 201 Å². The van der Waals surface area contributed by atoms with Crippen molar-refractivity contribution >= 4 is 17.7 Å². The lowest BCUT2D eigenvalue weighted by molar-refractivity contribution is -0.123. The van der Waals surface area contributed by atoms with Crippen LogP contribution >= 0.6 is 0 Å². The fourth-order valence-corrected chi connectivity index (χ4v) is 3.48. The van der Waals surface area contributed by atoms with Crippen molar-refractivity contribution in [2.45, 2.75) is 31.4 Å². The Balaban J connectivity index is 1.40. The third kappa shape index (κ3) is 6.75. The molecule has 1 unspecified atom stereocenters. The van der Waals surface area contributed by atoms with Crippen LogP contribution in [0.3, 0.4) is 0 Å². The summed E-state index contributed by atoms with van der Waals surface area (Å²) in [6.45, 7) is -0.756. The quantitative estimate of drug-likeness (QED) is 0.473. The second-order valence-corrected chi connectivity index (χ2v) is 8.53. The molecule has 1 aliphatic heterocycles. The Morgan fingerprint density at radius 2 is 1.89 bits per heavy atom. The van der Waals surface area contributed by atoms with E-state index in [0.717, 1.165) is 0 Å². The van der Waals surface area contributed by atoms with Crippen molar-refractivity contribution in [1.29, 1.82) is 0 Å². The molecule has 1 amide bonds. The zero-order chi connectivity index (χ0) is 25.9. The molecule has 4 rings (SSSR count). The molecule has 196 valence electrons. The third-order valence-electron chi connectivity index (χ3n) is 5.70. The number of aromatic nitrogens is 5. The van der Waals surface area contributed by atoms with Crippen LogP contribution in [0.1, 0.15) is 29.9 Å². The minimum atomic E-state index is -4.64. The van der Waals surface area contributed by atoms with E-state index in [0.29, 0.717) is 38.3 Å². The van der Waals surface area contributed by atoms with Gasteiger partial charge in [-0.05, 0) is 18.8 Å². The molecule has 1 saturated heterocycles. The zero-order valence-electron chi connectivity index (χ0n) is 18.8. The van der Waals surface area contributed by atoms with E-state index in [1.165, 1.54) is 12.5 Å². The number of ether oxygens (including phenoxy) is 2. The van der Waals surface area contributed by atoms with Crippen LogP contribution in [0.4, 0.5) is 33.7 Å². The lowest BCUT2D eigenvalue weighted by Crippen LogP contribution is -2.38. The molecule has 0 spiro atoms. The molecule has 11 nitrogen and oxygen atoms in total. The Kier molecular flexibility index (Phi) is 7.21. The van der Waals surface area contributed by atoms with Gasteiger partial charge in [0.1, 0.15) is 19.5 Å². The van der Waals surface area contributed by atoms with Gasteiger partial charge >= 0.3 is 12.2 Å². The first kappa shape index (κ1) is 25.5. The van der Waals surface area contributed by atoms with E-state index in [9.17, 15) is 26.7 Å². The largest absolute Gasteiger partial charge is 0.488 e. The van der Waals surface area contributed by atoms with E-state index in [1.807, 2.05) is 0 Å². The van der Waals surface area contributed by atoms with Crippen molar-refractivity contribution in [2.75, 3.05) is 43.5 Å². The maximum absolute atomic E-state index is 13.2. The second-order valence-electron chi connectivity index (χ2n) is 8.53. The number of hydrogen-bond donors (Lipinski definition) is 2. The monoisotopic (exact) mass is 518 g/mol. The average Bonchev–Trinajstić information content (AvgIpc) is 3.46. The lowest BCUT2D eigenvalue weighted by Gasteiger charge is -2.32. The number of alkyl halides is 5. The summed E-state index contributed by atoms with van der Waals surface area (Å²) in [4.78, 5) is 33.5. The van der Waals surface area contributed by atoms with Crippen LogP contribution in [0.5, 0.6) is 11.8 Å². The van der Waals surface area contributed by atoms with Gasteiger partial charge in [0, 0.05) is 19.5 Å². The average molecular weight is 518 g/mol. The van der Waals surface area contributed by atoms with E-state index < -0.39 is 48.9 Å². The molecular formula is C20H23F5N8O3. The molecule has 16 heteroatoms. The van der Waals surface area contributed by atoms with Crippen molar-refractivity contribution < 1.29 is 36.2 Å². The first-order valence-corrected chi connectivity index (χ1v) is 11.0. The second kappa shape index (κ2) is 10.2. The van der Waals surface area contributed by atoms with E-state index in [1.54, 1.807) is 10.2 Å². The molecular weight excluding hydrogens is 495 g/mol. The third-order valence-corrected chi connectivity index (χ3v) is 5.70. The first-order valence-electron chi connectivity index (χ1n) is 11.0. The SMILES string of the molecule is Nc1ncncc1OCC1CCN(c2nc(OCC3CC3(F)F)nc(C(=O)NCC(F)(F)F)n2)CC1. The zero-order valence-corrected chi connectivity index (χ0v) is 18.8. The molecule has 1 aliphatic carbocycles. The summed E-state index contributed by atoms with van der Waals surface area (Å²) in [6, 6.07) is -0.412. The van der Waals surface area contributed by atoms with E-state index in [4.69, 9.17) is 15.2 Å². The van der Waals surface area contributed by atoms with Gasteiger partial charge in [0.25, 0.3) is 11.8 Å². The van der Waals surface area contributed by atoms with Gasteiger partial charge < -0.3 is 25.4 Å². The fraction of sp³-hybridized carbons (Fsp3) is 0.600. The number of anilines is 2. The predicted molar refractivity (Wildman–Crippen MR) is 114 cm³/mol. The number of rotatable bonds is 9. The van der Waals surface area contributed by atoms with Crippen molar-refractivity contribution in [3.63, 3.8) is 0 Å². The number of nitrogens with one attached hydrogen (secondary N) is 1. The topological polar surface area (TPSA) is 141 Å². The number of carbonyl (C=O) groups excluding carboxylic acids is 1. The maximum atomic E-state index is 13.2. The number of nitrogens with zero attached hydrogens (tertiary/aromatic N) is 6. The minimum absolute atomic E-state index is 0.000196. The summed E-state index contributed by atoms with van der Waals surface area (Å²) in [5.41, 5.74) is 5.74. The van der Waals surface area contributed by atoms with Gasteiger partial charge in [0.2, 0.25) is 11.8 Å². The molecule has 3 N–H and O–H groups in total. The fourth-order valence-electron chi connectivity index (χ4n) is 3.48. The van der Waals surface area contributed by atoms with Crippen molar-refractivity contribution in [3.05, 3.63) is 18.3 Å². The van der Waals surface area contributed by atoms with E-state index >= 15 is 0 Å². The molecule has 0 radical (unpaired) electrons. The Morgan fingerprint density at radius 3 is 2.53 bits per heavy atom. The summed E-state index contributed by atoms with van der Waals surface area (Å²) in [7, 11) is 0. The van der Waals surface area contributed by atoms with Crippen molar-refractivity contribution in [1.82, 2.24) is 30.2 Å². The number of hydrogen-bond acceptors (Lipinski definition) is 10. The molecule has 2 fully saturated rings. The maximum Gasteiger partial charge on any atom is 0.405 e. The Morgan fingerprint density at radius 1 is 1.17 bits per heavy atom. The minimum Gasteiger partial charge on any atom is -0.488 e. The van der Waals surface area contributed by atoms with Crippen LogP contribution in [0.2, 0.25) is 0 Å². The Hall–Kier alpha value is -3.59. The summed E-state index contributed by atoms with van der Waals surface area (Å²) >= 11 is 0. The molecule has 3 heterocycles. The lowest BCUT2D eigenvalue weighted by atomic mass is 9.98. The first-order chi connectivity index (χ1) is 17.0. The smallest absolute Gasteiger partial charge is 0.405 e. The molecule has 1 atom stereocenters. The molecule has 0 aromatic carbocycles. The van der Waals surface area contributed by atoms with Crippen LogP contribution in [0.15, 0.2) is 12.5 Å². The van der Waals surface area contributed by atoms with Crippen LogP contribution in [-0.2, 0) is 0 Å². The molecule has 2 aromatic rings.